The Morgan fingerprint density at radius 2 is 2.22 bits per heavy atom. The van der Waals surface area contributed by atoms with Crippen LogP contribution in [0.15, 0.2) is 18.2 Å². The van der Waals surface area contributed by atoms with Gasteiger partial charge in [-0.3, -0.25) is 14.9 Å². The van der Waals surface area contributed by atoms with E-state index in [4.69, 9.17) is 0 Å². The van der Waals surface area contributed by atoms with E-state index < -0.39 is 23.7 Å². The molecule has 1 aromatic rings. The Labute approximate surface area is 103 Å². The molecule has 0 saturated carbocycles. The smallest absolute Gasteiger partial charge is 0.249 e. The zero-order chi connectivity index (χ0) is 13.3. The molecule has 18 heavy (non-hydrogen) atoms. The first-order valence-corrected chi connectivity index (χ1v) is 5.53. The molecule has 1 aliphatic heterocycles. The van der Waals surface area contributed by atoms with Crippen molar-refractivity contribution in [2.24, 2.45) is 0 Å². The summed E-state index contributed by atoms with van der Waals surface area (Å²) in [5, 5.41) is 11.4. The lowest BCUT2D eigenvalue weighted by atomic mass is 10.1. The summed E-state index contributed by atoms with van der Waals surface area (Å²) in [6.45, 7) is 1.11. The van der Waals surface area contributed by atoms with E-state index in [9.17, 15) is 19.1 Å². The van der Waals surface area contributed by atoms with Crippen LogP contribution >= 0.6 is 0 Å². The predicted molar refractivity (Wildman–Crippen MR) is 62.3 cm³/mol. The summed E-state index contributed by atoms with van der Waals surface area (Å²) in [7, 11) is 0. The van der Waals surface area contributed by atoms with Gasteiger partial charge in [-0.25, -0.2) is 4.39 Å². The van der Waals surface area contributed by atoms with Crippen molar-refractivity contribution in [2.75, 3.05) is 11.4 Å². The molecule has 0 bridgehead atoms. The zero-order valence-corrected chi connectivity index (χ0v) is 9.81. The number of hydrogen-bond donors (Lipinski definition) is 2. The first kappa shape index (κ1) is 12.5. The van der Waals surface area contributed by atoms with Crippen LogP contribution in [0.4, 0.5) is 10.1 Å². The molecule has 5 nitrogen and oxygen atoms in total. The molecule has 1 atom stereocenters. The van der Waals surface area contributed by atoms with Crippen molar-refractivity contribution in [3.8, 4) is 0 Å². The van der Waals surface area contributed by atoms with Crippen molar-refractivity contribution in [3.63, 3.8) is 0 Å². The Balaban J connectivity index is 2.47. The maximum atomic E-state index is 13.9. The van der Waals surface area contributed by atoms with Crippen LogP contribution in [0.1, 0.15) is 12.5 Å². The molecule has 96 valence electrons. The van der Waals surface area contributed by atoms with E-state index in [0.29, 0.717) is 5.56 Å². The molecular weight excluding hydrogens is 239 g/mol. The average Bonchev–Trinajstić information content (AvgIpc) is 2.33. The quantitative estimate of drug-likeness (QED) is 0.736. The van der Waals surface area contributed by atoms with E-state index in [-0.39, 0.29) is 18.8 Å². The second kappa shape index (κ2) is 4.73. The second-order valence-corrected chi connectivity index (χ2v) is 4.12. The molecule has 0 spiro atoms. The van der Waals surface area contributed by atoms with Gasteiger partial charge in [0, 0.05) is 5.56 Å². The van der Waals surface area contributed by atoms with Crippen molar-refractivity contribution >= 4 is 17.5 Å². The summed E-state index contributed by atoms with van der Waals surface area (Å²) in [4.78, 5) is 24.3. The zero-order valence-electron chi connectivity index (χ0n) is 9.81. The van der Waals surface area contributed by atoms with Crippen LogP contribution in [0.3, 0.4) is 0 Å². The van der Waals surface area contributed by atoms with E-state index in [1.54, 1.807) is 13.0 Å². The van der Waals surface area contributed by atoms with Crippen molar-refractivity contribution in [3.05, 3.63) is 29.6 Å². The number of carbonyl (C=O) groups is 2. The fourth-order valence-corrected chi connectivity index (χ4v) is 2.00. The van der Waals surface area contributed by atoms with Crippen LogP contribution < -0.4 is 10.2 Å². The van der Waals surface area contributed by atoms with E-state index in [0.717, 1.165) is 0 Å². The summed E-state index contributed by atoms with van der Waals surface area (Å²) in [6.07, 6.45) is 0. The first-order valence-electron chi connectivity index (χ1n) is 5.53. The molecule has 1 aliphatic rings. The summed E-state index contributed by atoms with van der Waals surface area (Å²) in [5.74, 6) is -1.51. The monoisotopic (exact) mass is 252 g/mol. The number of para-hydroxylation sites is 1. The Morgan fingerprint density at radius 3 is 2.89 bits per heavy atom. The molecule has 6 heteroatoms. The molecule has 1 aromatic carbocycles. The van der Waals surface area contributed by atoms with Crippen LogP contribution in [0.2, 0.25) is 0 Å². The Kier molecular flexibility index (Phi) is 3.29. The van der Waals surface area contributed by atoms with Crippen molar-refractivity contribution < 1.29 is 19.1 Å². The van der Waals surface area contributed by atoms with Crippen LogP contribution in [0.25, 0.3) is 0 Å². The minimum absolute atomic E-state index is 0.107. The number of rotatable bonds is 2. The van der Waals surface area contributed by atoms with Gasteiger partial charge in [-0.15, -0.1) is 0 Å². The summed E-state index contributed by atoms with van der Waals surface area (Å²) in [6, 6.07) is 3.60. The van der Waals surface area contributed by atoms with Crippen LogP contribution in [0.5, 0.6) is 0 Å². The van der Waals surface area contributed by atoms with E-state index in [2.05, 4.69) is 5.32 Å². The molecule has 2 N–H and O–H groups in total. The van der Waals surface area contributed by atoms with E-state index in [1.165, 1.54) is 17.0 Å². The number of amides is 2. The standard InChI is InChI=1S/C12H13FN2O3/c1-7-12(18)14-10(17)5-15(7)11-8(6-16)3-2-4-9(11)13/h2-4,7,16H,5-6H2,1H3,(H,14,17,18). The number of benzene rings is 1. The SMILES string of the molecule is CC1C(=O)NC(=O)CN1c1c(F)cccc1CO. The van der Waals surface area contributed by atoms with Gasteiger partial charge in [0.25, 0.3) is 0 Å². The summed E-state index contributed by atoms with van der Waals surface area (Å²) >= 11 is 0. The lowest BCUT2D eigenvalue weighted by Gasteiger charge is -2.34. The number of hydrogen-bond acceptors (Lipinski definition) is 4. The molecule has 0 aliphatic carbocycles. The average molecular weight is 252 g/mol. The van der Waals surface area contributed by atoms with Crippen molar-refractivity contribution in [1.82, 2.24) is 5.32 Å². The van der Waals surface area contributed by atoms with Crippen molar-refractivity contribution in [1.29, 1.82) is 0 Å². The maximum Gasteiger partial charge on any atom is 0.249 e. The molecule has 1 saturated heterocycles. The van der Waals surface area contributed by atoms with Gasteiger partial charge >= 0.3 is 0 Å². The molecule has 1 heterocycles. The minimum Gasteiger partial charge on any atom is -0.392 e. The number of halogens is 1. The lowest BCUT2D eigenvalue weighted by Crippen LogP contribution is -2.57. The van der Waals surface area contributed by atoms with E-state index >= 15 is 0 Å². The molecule has 2 amide bonds. The lowest BCUT2D eigenvalue weighted by molar-refractivity contribution is -0.132. The number of anilines is 1. The molecule has 1 unspecified atom stereocenters. The molecule has 2 rings (SSSR count). The number of aliphatic hydroxyl groups is 1. The Bertz CT molecular complexity index is 504. The van der Waals surface area contributed by atoms with Crippen LogP contribution in [-0.4, -0.2) is 29.5 Å². The minimum atomic E-state index is -0.662. The molecule has 0 aromatic heterocycles. The Morgan fingerprint density at radius 1 is 1.50 bits per heavy atom. The van der Waals surface area contributed by atoms with Gasteiger partial charge < -0.3 is 10.0 Å². The fourth-order valence-electron chi connectivity index (χ4n) is 2.00. The first-order chi connectivity index (χ1) is 8.54. The number of imide groups is 1. The van der Waals surface area contributed by atoms with Crippen molar-refractivity contribution in [2.45, 2.75) is 19.6 Å². The Hall–Kier alpha value is -1.95. The predicted octanol–water partition coefficient (Wildman–Crippen LogP) is 0.169. The van der Waals surface area contributed by atoms with Gasteiger partial charge in [0.05, 0.1) is 18.8 Å². The van der Waals surface area contributed by atoms with E-state index in [1.807, 2.05) is 0 Å². The number of carbonyl (C=O) groups excluding carboxylic acids is 2. The third-order valence-corrected chi connectivity index (χ3v) is 2.95. The van der Waals surface area contributed by atoms with Crippen LogP contribution in [0, 0.1) is 5.82 Å². The largest absolute Gasteiger partial charge is 0.392 e. The fraction of sp³-hybridized carbons (Fsp3) is 0.333. The number of nitrogens with one attached hydrogen (secondary N) is 1. The van der Waals surface area contributed by atoms with Gasteiger partial charge in [0.2, 0.25) is 11.8 Å². The summed E-state index contributed by atoms with van der Waals surface area (Å²) in [5.41, 5.74) is 0.458. The third-order valence-electron chi connectivity index (χ3n) is 2.95. The molecular formula is C12H13FN2O3. The van der Waals surface area contributed by atoms with Gasteiger partial charge in [-0.2, -0.15) is 0 Å². The normalized spacial score (nSPS) is 19.9. The highest BCUT2D eigenvalue weighted by Crippen LogP contribution is 2.27. The number of nitrogens with zero attached hydrogens (tertiary/aromatic N) is 1. The number of aliphatic hydroxyl groups excluding tert-OH is 1. The number of piperazine rings is 1. The highest BCUT2D eigenvalue weighted by molar-refractivity contribution is 6.04. The van der Waals surface area contributed by atoms with Gasteiger partial charge in [-0.05, 0) is 13.0 Å². The second-order valence-electron chi connectivity index (χ2n) is 4.12. The molecule has 0 radical (unpaired) electrons. The summed E-state index contributed by atoms with van der Waals surface area (Å²) < 4.78 is 13.9. The van der Waals surface area contributed by atoms with Gasteiger partial charge in [0.15, 0.2) is 0 Å². The topological polar surface area (TPSA) is 69.6 Å². The molecule has 1 fully saturated rings. The highest BCUT2D eigenvalue weighted by atomic mass is 19.1. The van der Waals surface area contributed by atoms with Gasteiger partial charge in [0.1, 0.15) is 11.9 Å². The van der Waals surface area contributed by atoms with Gasteiger partial charge in [-0.1, -0.05) is 12.1 Å². The maximum absolute atomic E-state index is 13.9. The third kappa shape index (κ3) is 2.06. The highest BCUT2D eigenvalue weighted by Gasteiger charge is 2.32. The van der Waals surface area contributed by atoms with Crippen LogP contribution in [-0.2, 0) is 16.2 Å².